The number of carbonyl (C=O) groups is 1. The van der Waals surface area contributed by atoms with Gasteiger partial charge in [0.1, 0.15) is 36.3 Å². The highest BCUT2D eigenvalue weighted by Crippen LogP contribution is 2.39. The Bertz CT molecular complexity index is 1000. The molecule has 37 heavy (non-hydrogen) atoms. The van der Waals surface area contributed by atoms with E-state index in [1.54, 1.807) is 0 Å². The second-order valence-electron chi connectivity index (χ2n) is 7.77. The fourth-order valence-electron chi connectivity index (χ4n) is 3.19. The van der Waals surface area contributed by atoms with Gasteiger partial charge in [-0.25, -0.2) is 14.1 Å². The number of rotatable bonds is 15. The number of imidazole rings is 1. The molecule has 0 bridgehead atoms. The van der Waals surface area contributed by atoms with Crippen LogP contribution >= 0.6 is 15.6 Å². The average molecular weight is 581 g/mol. The summed E-state index contributed by atoms with van der Waals surface area (Å²) in [6.45, 7) is -2.37. The van der Waals surface area contributed by atoms with Crippen LogP contribution in [0.2, 0.25) is 0 Å². The summed E-state index contributed by atoms with van der Waals surface area (Å²) in [7, 11) is -9.80. The molecule has 7 atom stereocenters. The maximum absolute atomic E-state index is 11.8. The maximum Gasteiger partial charge on any atom is 0.469 e. The smallest absolute Gasteiger partial charge is 0.389 e. The summed E-state index contributed by atoms with van der Waals surface area (Å²) in [6, 6.07) is 0. The molecule has 214 valence electrons. The van der Waals surface area contributed by atoms with Crippen LogP contribution in [0.4, 0.5) is 5.82 Å². The first-order valence-corrected chi connectivity index (χ1v) is 13.3. The minimum Gasteiger partial charge on any atom is -0.389 e. The Kier molecular flexibility index (Phi) is 11.1. The first-order chi connectivity index (χ1) is 17.0. The van der Waals surface area contributed by atoms with Crippen molar-refractivity contribution in [2.75, 3.05) is 31.7 Å². The fraction of sp³-hybridized carbons (Fsp3) is 0.733. The molecular weight excluding hydrogens is 552 g/mol. The van der Waals surface area contributed by atoms with E-state index in [9.17, 15) is 39.5 Å². The molecular formula is C15H29N5O15P2. The second-order valence-corrected chi connectivity index (χ2v) is 10.2. The third-order valence-corrected chi connectivity index (χ3v) is 5.95. The van der Waals surface area contributed by atoms with Gasteiger partial charge in [0, 0.05) is 6.54 Å². The van der Waals surface area contributed by atoms with Crippen LogP contribution in [-0.2, 0) is 22.9 Å². The molecule has 0 aromatic carbocycles. The minimum absolute atomic E-state index is 0.127. The Labute approximate surface area is 208 Å². The van der Waals surface area contributed by atoms with Crippen molar-refractivity contribution in [2.24, 2.45) is 5.73 Å². The van der Waals surface area contributed by atoms with E-state index in [-0.39, 0.29) is 24.7 Å². The molecule has 1 saturated heterocycles. The van der Waals surface area contributed by atoms with E-state index in [2.05, 4.69) is 24.7 Å². The summed E-state index contributed by atoms with van der Waals surface area (Å²) in [5.74, 6) is -1.13. The average Bonchev–Trinajstić information content (AvgIpc) is 3.33. The summed E-state index contributed by atoms with van der Waals surface area (Å²) in [4.78, 5) is 50.5. The zero-order valence-corrected chi connectivity index (χ0v) is 20.6. The molecule has 0 spiro atoms. The minimum atomic E-state index is -4.90. The van der Waals surface area contributed by atoms with Crippen molar-refractivity contribution in [3.05, 3.63) is 12.0 Å². The number of ether oxygens (including phenoxy) is 1. The van der Waals surface area contributed by atoms with E-state index in [0.717, 1.165) is 10.9 Å². The molecule has 2 heterocycles. The highest BCUT2D eigenvalue weighted by atomic mass is 31.2. The first-order valence-electron chi connectivity index (χ1n) is 10.3. The predicted octanol–water partition coefficient (Wildman–Crippen LogP) is -5.14. The van der Waals surface area contributed by atoms with Crippen molar-refractivity contribution >= 4 is 27.4 Å². The van der Waals surface area contributed by atoms with Crippen LogP contribution < -0.4 is 16.4 Å². The normalized spacial score (nSPS) is 25.1. The van der Waals surface area contributed by atoms with Crippen molar-refractivity contribution < 1.29 is 72.8 Å². The number of phosphoric ester groups is 2. The molecule has 1 fully saturated rings. The third kappa shape index (κ3) is 9.29. The van der Waals surface area contributed by atoms with Gasteiger partial charge >= 0.3 is 15.6 Å². The number of nitrogens with zero attached hydrogens (tertiary/aromatic N) is 2. The molecule has 0 aliphatic carbocycles. The zero-order chi connectivity index (χ0) is 28.1. The Morgan fingerprint density at radius 3 is 2.30 bits per heavy atom. The van der Waals surface area contributed by atoms with Crippen molar-refractivity contribution in [1.82, 2.24) is 14.9 Å². The SMILES string of the molecule is NC(=O)c1ncn([C@@H]2O[C@H](COP(=O)(O)O)[C@@H](O)[C@H]2O)c1NCNCC(O)[C@H](O)[C@H](O)COP(=O)(O)O. The molecule has 1 aromatic rings. The first kappa shape index (κ1) is 31.6. The van der Waals surface area contributed by atoms with Gasteiger partial charge in [-0.05, 0) is 0 Å². The van der Waals surface area contributed by atoms with E-state index in [1.807, 2.05) is 0 Å². The van der Waals surface area contributed by atoms with Gasteiger partial charge in [-0.15, -0.1) is 0 Å². The Morgan fingerprint density at radius 2 is 1.73 bits per heavy atom. The number of hydrogen-bond acceptors (Lipinski definition) is 14. The number of amides is 1. The summed E-state index contributed by atoms with van der Waals surface area (Å²) in [5, 5.41) is 55.3. The highest BCUT2D eigenvalue weighted by Gasteiger charge is 2.45. The fourth-order valence-corrected chi connectivity index (χ4v) is 3.88. The van der Waals surface area contributed by atoms with Crippen LogP contribution in [0.3, 0.4) is 0 Å². The third-order valence-electron chi connectivity index (χ3n) is 4.98. The van der Waals surface area contributed by atoms with Gasteiger partial charge in [0.25, 0.3) is 5.91 Å². The van der Waals surface area contributed by atoms with Gasteiger partial charge in [0.15, 0.2) is 11.9 Å². The monoisotopic (exact) mass is 581 g/mol. The number of anilines is 1. The lowest BCUT2D eigenvalue weighted by Crippen LogP contribution is -2.45. The quantitative estimate of drug-likeness (QED) is 0.0523. The molecule has 1 aliphatic rings. The van der Waals surface area contributed by atoms with Gasteiger partial charge in [0.2, 0.25) is 0 Å². The van der Waals surface area contributed by atoms with Crippen LogP contribution in [0.1, 0.15) is 16.7 Å². The van der Waals surface area contributed by atoms with Crippen molar-refractivity contribution in [3.8, 4) is 0 Å². The zero-order valence-electron chi connectivity index (χ0n) is 18.8. The number of aromatic nitrogens is 2. The van der Waals surface area contributed by atoms with Gasteiger partial charge < -0.3 is 60.9 Å². The number of nitrogens with one attached hydrogen (secondary N) is 2. The number of carbonyl (C=O) groups excluding carboxylic acids is 1. The molecule has 2 rings (SSSR count). The highest BCUT2D eigenvalue weighted by molar-refractivity contribution is 7.46. The summed E-state index contributed by atoms with van der Waals surface area (Å²) in [5.41, 5.74) is 4.97. The predicted molar refractivity (Wildman–Crippen MR) is 117 cm³/mol. The molecule has 1 amide bonds. The van der Waals surface area contributed by atoms with E-state index < -0.39 is 77.6 Å². The lowest BCUT2D eigenvalue weighted by Gasteiger charge is -2.24. The van der Waals surface area contributed by atoms with Crippen molar-refractivity contribution in [2.45, 2.75) is 42.9 Å². The van der Waals surface area contributed by atoms with Crippen LogP contribution in [0, 0.1) is 0 Å². The van der Waals surface area contributed by atoms with E-state index in [1.165, 1.54) is 0 Å². The number of nitrogens with two attached hydrogens (primary N) is 1. The van der Waals surface area contributed by atoms with E-state index in [0.29, 0.717) is 0 Å². The molecule has 1 unspecified atom stereocenters. The number of aliphatic hydroxyl groups excluding tert-OH is 5. The molecule has 1 aromatic heterocycles. The molecule has 13 N–H and O–H groups in total. The van der Waals surface area contributed by atoms with Gasteiger partial charge in [-0.2, -0.15) is 0 Å². The van der Waals surface area contributed by atoms with Crippen LogP contribution in [0.15, 0.2) is 6.33 Å². The molecule has 20 nitrogen and oxygen atoms in total. The topological polar surface area (TPSA) is 329 Å². The lowest BCUT2D eigenvalue weighted by molar-refractivity contribution is -0.0738. The van der Waals surface area contributed by atoms with Gasteiger partial charge in [-0.3, -0.25) is 23.7 Å². The largest absolute Gasteiger partial charge is 0.469 e. The summed E-state index contributed by atoms with van der Waals surface area (Å²) < 4.78 is 36.4. The van der Waals surface area contributed by atoms with Crippen molar-refractivity contribution in [3.63, 3.8) is 0 Å². The van der Waals surface area contributed by atoms with Crippen molar-refractivity contribution in [1.29, 1.82) is 0 Å². The lowest BCUT2D eigenvalue weighted by atomic mass is 10.1. The maximum atomic E-state index is 11.8. The van der Waals surface area contributed by atoms with Crippen LogP contribution in [0.5, 0.6) is 0 Å². The summed E-state index contributed by atoms with van der Waals surface area (Å²) >= 11 is 0. The molecule has 22 heteroatoms. The van der Waals surface area contributed by atoms with Crippen LogP contribution in [-0.4, -0.2) is 124 Å². The molecule has 1 aliphatic heterocycles. The molecule has 0 saturated carbocycles. The number of aliphatic hydroxyl groups is 5. The second kappa shape index (κ2) is 13.0. The van der Waals surface area contributed by atoms with E-state index >= 15 is 0 Å². The molecule has 0 radical (unpaired) electrons. The van der Waals surface area contributed by atoms with Gasteiger partial charge in [-0.1, -0.05) is 0 Å². The summed E-state index contributed by atoms with van der Waals surface area (Å²) in [6.07, 6.45) is -10.4. The number of primary amides is 1. The van der Waals surface area contributed by atoms with Crippen LogP contribution in [0.25, 0.3) is 0 Å². The Morgan fingerprint density at radius 1 is 1.11 bits per heavy atom. The standard InChI is InChI=1S/C15H29N5O15P2/c16-13(26)9-14(18-4-17-1-6(21)10(23)7(22)2-33-36(27,28)29)20(5-19-9)15-12(25)11(24)8(35-15)3-34-37(30,31)32/h5-8,10-12,15,17-18,21-25H,1-4H2,(H2,16,26)(H2,27,28,29)(H2,30,31,32)/t6?,7-,8-,10+,11-,12-,15-/m1/s1. The number of hydrogen-bond donors (Lipinski definition) is 12. The Hall–Kier alpha value is -1.58. The Balaban J connectivity index is 2.01. The van der Waals surface area contributed by atoms with Gasteiger partial charge in [0.05, 0.1) is 32.3 Å². The number of phosphoric acid groups is 2. The van der Waals surface area contributed by atoms with E-state index in [4.69, 9.17) is 30.0 Å².